The first-order valence-corrected chi connectivity index (χ1v) is 8.17. The van der Waals surface area contributed by atoms with Crippen LogP contribution in [0.1, 0.15) is 16.8 Å². The molecule has 9 nitrogen and oxygen atoms in total. The molecule has 144 valence electrons. The number of hydrazone groups is 1. The molecule has 5 N–H and O–H groups in total. The van der Waals surface area contributed by atoms with Crippen molar-refractivity contribution in [3.8, 4) is 5.75 Å². The van der Waals surface area contributed by atoms with E-state index in [9.17, 15) is 23.9 Å². The molecule has 0 saturated carbocycles. The smallest absolute Gasteiger partial charge is 0.285 e. The van der Waals surface area contributed by atoms with Gasteiger partial charge in [0.15, 0.2) is 0 Å². The van der Waals surface area contributed by atoms with E-state index in [2.05, 4.69) is 16.0 Å². The van der Waals surface area contributed by atoms with E-state index in [-0.39, 0.29) is 23.4 Å². The zero-order valence-corrected chi connectivity index (χ0v) is 14.4. The quantitative estimate of drug-likeness (QED) is 0.565. The molecular weight excluding hydrogens is 369 g/mol. The largest absolute Gasteiger partial charge is 0.507 e. The molecule has 1 aliphatic heterocycles. The van der Waals surface area contributed by atoms with Gasteiger partial charge < -0.3 is 10.8 Å². The van der Waals surface area contributed by atoms with Crippen molar-refractivity contribution in [3.63, 3.8) is 0 Å². The Morgan fingerprint density at radius 3 is 2.36 bits per heavy atom. The van der Waals surface area contributed by atoms with Crippen LogP contribution in [0.2, 0.25) is 0 Å². The number of hydrogen-bond donors (Lipinski definition) is 4. The Kier molecular flexibility index (Phi) is 5.21. The number of amides is 3. The summed E-state index contributed by atoms with van der Waals surface area (Å²) in [6.07, 6.45) is -0.0923. The van der Waals surface area contributed by atoms with Crippen LogP contribution in [-0.2, 0) is 9.59 Å². The molecule has 1 heterocycles. The average Bonchev–Trinajstić information content (AvgIpc) is 3.12. The number of carbonyl (C=O) groups is 3. The number of aromatic hydroxyl groups is 1. The van der Waals surface area contributed by atoms with Crippen molar-refractivity contribution in [1.82, 2.24) is 10.9 Å². The highest BCUT2D eigenvalue weighted by Gasteiger charge is 2.35. The zero-order chi connectivity index (χ0) is 20.3. The predicted molar refractivity (Wildman–Crippen MR) is 97.6 cm³/mol. The SMILES string of the molecule is NC(=O)C1CC(C(=O)NNC(=O)c2ccccc2O)=NN1c1ccc(F)cc1. The van der Waals surface area contributed by atoms with Gasteiger partial charge in [0.1, 0.15) is 23.3 Å². The van der Waals surface area contributed by atoms with E-state index in [1.165, 1.54) is 41.4 Å². The Hall–Kier alpha value is -3.95. The summed E-state index contributed by atoms with van der Waals surface area (Å²) >= 11 is 0. The minimum atomic E-state index is -0.930. The minimum absolute atomic E-state index is 0.0286. The summed E-state index contributed by atoms with van der Waals surface area (Å²) in [4.78, 5) is 36.0. The van der Waals surface area contributed by atoms with Gasteiger partial charge in [-0.2, -0.15) is 5.10 Å². The summed E-state index contributed by atoms with van der Waals surface area (Å²) in [5.41, 5.74) is 10.0. The van der Waals surface area contributed by atoms with Gasteiger partial charge in [-0.05, 0) is 36.4 Å². The first-order valence-electron chi connectivity index (χ1n) is 8.17. The van der Waals surface area contributed by atoms with E-state index in [1.807, 2.05) is 0 Å². The minimum Gasteiger partial charge on any atom is -0.507 e. The summed E-state index contributed by atoms with van der Waals surface area (Å²) in [5.74, 6) is -2.91. The van der Waals surface area contributed by atoms with Crippen LogP contribution in [0.15, 0.2) is 53.6 Å². The fraction of sp³-hybridized carbons (Fsp3) is 0.111. The van der Waals surface area contributed by atoms with Gasteiger partial charge in [0.25, 0.3) is 11.8 Å². The molecule has 3 rings (SSSR count). The van der Waals surface area contributed by atoms with Crippen LogP contribution in [-0.4, -0.2) is 34.6 Å². The second-order valence-electron chi connectivity index (χ2n) is 5.92. The lowest BCUT2D eigenvalue weighted by molar-refractivity contribution is -0.119. The Labute approximate surface area is 158 Å². The first-order chi connectivity index (χ1) is 13.4. The number of phenolic OH excluding ortho intramolecular Hbond substituents is 1. The monoisotopic (exact) mass is 385 g/mol. The van der Waals surface area contributed by atoms with Crippen LogP contribution >= 0.6 is 0 Å². The van der Waals surface area contributed by atoms with Crippen LogP contribution in [0.5, 0.6) is 5.75 Å². The molecular formula is C18H16FN5O4. The molecule has 0 bridgehead atoms. The summed E-state index contributed by atoms with van der Waals surface area (Å²) in [5, 5.41) is 14.9. The maximum atomic E-state index is 13.1. The highest BCUT2D eigenvalue weighted by molar-refractivity contribution is 6.40. The summed E-state index contributed by atoms with van der Waals surface area (Å²) in [6, 6.07) is 10.0. The first kappa shape index (κ1) is 18.8. The third-order valence-electron chi connectivity index (χ3n) is 4.03. The van der Waals surface area contributed by atoms with Crippen LogP contribution < -0.4 is 21.6 Å². The number of carbonyl (C=O) groups excluding carboxylic acids is 3. The summed E-state index contributed by atoms with van der Waals surface area (Å²) in [6.45, 7) is 0. The van der Waals surface area contributed by atoms with Gasteiger partial charge in [0.2, 0.25) is 5.91 Å². The average molecular weight is 385 g/mol. The second kappa shape index (κ2) is 7.74. The Bertz CT molecular complexity index is 961. The number of primary amides is 1. The van der Waals surface area contributed by atoms with Crippen LogP contribution in [0, 0.1) is 5.82 Å². The van der Waals surface area contributed by atoms with Gasteiger partial charge in [-0.25, -0.2) is 4.39 Å². The molecule has 0 aromatic heterocycles. The molecule has 0 radical (unpaired) electrons. The van der Waals surface area contributed by atoms with Gasteiger partial charge in [0.05, 0.1) is 11.3 Å². The fourth-order valence-corrected chi connectivity index (χ4v) is 2.62. The van der Waals surface area contributed by atoms with Crippen molar-refractivity contribution >= 4 is 29.1 Å². The summed E-state index contributed by atoms with van der Waals surface area (Å²) in [7, 11) is 0. The number of phenols is 1. The molecule has 2 aromatic rings. The van der Waals surface area contributed by atoms with Gasteiger partial charge in [0, 0.05) is 6.42 Å². The van der Waals surface area contributed by atoms with Crippen molar-refractivity contribution in [2.24, 2.45) is 10.8 Å². The molecule has 10 heteroatoms. The fourth-order valence-electron chi connectivity index (χ4n) is 2.62. The Morgan fingerprint density at radius 2 is 1.71 bits per heavy atom. The van der Waals surface area contributed by atoms with Crippen molar-refractivity contribution in [2.45, 2.75) is 12.5 Å². The van der Waals surface area contributed by atoms with Gasteiger partial charge in [-0.3, -0.25) is 30.2 Å². The second-order valence-corrected chi connectivity index (χ2v) is 5.92. The number of benzene rings is 2. The van der Waals surface area contributed by atoms with E-state index in [0.29, 0.717) is 5.69 Å². The van der Waals surface area contributed by atoms with E-state index < -0.39 is 29.6 Å². The van der Waals surface area contributed by atoms with Gasteiger partial charge in [-0.15, -0.1) is 0 Å². The number of halogens is 1. The number of rotatable bonds is 4. The molecule has 1 atom stereocenters. The van der Waals surface area contributed by atoms with Gasteiger partial charge >= 0.3 is 0 Å². The third-order valence-corrected chi connectivity index (χ3v) is 4.03. The molecule has 0 spiro atoms. The molecule has 0 fully saturated rings. The lowest BCUT2D eigenvalue weighted by Crippen LogP contribution is -2.45. The van der Waals surface area contributed by atoms with E-state index in [4.69, 9.17) is 5.73 Å². The van der Waals surface area contributed by atoms with Crippen molar-refractivity contribution in [1.29, 1.82) is 0 Å². The maximum Gasteiger partial charge on any atom is 0.285 e. The van der Waals surface area contributed by atoms with Crippen LogP contribution in [0.3, 0.4) is 0 Å². The number of nitrogens with zero attached hydrogens (tertiary/aromatic N) is 2. The number of hydrogen-bond acceptors (Lipinski definition) is 6. The summed E-state index contributed by atoms with van der Waals surface area (Å²) < 4.78 is 13.1. The molecule has 0 aliphatic carbocycles. The van der Waals surface area contributed by atoms with Crippen molar-refractivity contribution in [3.05, 3.63) is 59.9 Å². The van der Waals surface area contributed by atoms with E-state index in [1.54, 1.807) is 12.1 Å². The standard InChI is InChI=1S/C18H16FN5O4/c19-10-5-7-11(8-6-10)24-14(16(20)26)9-13(23-24)18(28)22-21-17(27)12-3-1-2-4-15(12)25/h1-8,14,25H,9H2,(H2,20,26)(H,21,27)(H,22,28). The number of para-hydroxylation sites is 1. The predicted octanol–water partition coefficient (Wildman–Crippen LogP) is 0.413. The zero-order valence-electron chi connectivity index (χ0n) is 14.4. The number of nitrogens with two attached hydrogens (primary N) is 1. The molecule has 1 unspecified atom stereocenters. The van der Waals surface area contributed by atoms with Crippen LogP contribution in [0.4, 0.5) is 10.1 Å². The molecule has 0 saturated heterocycles. The highest BCUT2D eigenvalue weighted by atomic mass is 19.1. The number of nitrogens with one attached hydrogen (secondary N) is 2. The maximum absolute atomic E-state index is 13.1. The molecule has 1 aliphatic rings. The van der Waals surface area contributed by atoms with E-state index in [0.717, 1.165) is 0 Å². The Balaban J connectivity index is 1.71. The molecule has 28 heavy (non-hydrogen) atoms. The normalized spacial score (nSPS) is 15.7. The molecule has 2 aromatic carbocycles. The van der Waals surface area contributed by atoms with Crippen molar-refractivity contribution in [2.75, 3.05) is 5.01 Å². The number of hydrazine groups is 1. The topological polar surface area (TPSA) is 137 Å². The van der Waals surface area contributed by atoms with Crippen LogP contribution in [0.25, 0.3) is 0 Å². The van der Waals surface area contributed by atoms with Gasteiger partial charge in [-0.1, -0.05) is 12.1 Å². The third kappa shape index (κ3) is 3.90. The molecule has 3 amide bonds. The highest BCUT2D eigenvalue weighted by Crippen LogP contribution is 2.24. The Morgan fingerprint density at radius 1 is 1.07 bits per heavy atom. The lowest BCUT2D eigenvalue weighted by Gasteiger charge is -2.20. The number of anilines is 1. The lowest BCUT2D eigenvalue weighted by atomic mass is 10.1. The van der Waals surface area contributed by atoms with Crippen molar-refractivity contribution < 1.29 is 23.9 Å². The van der Waals surface area contributed by atoms with E-state index >= 15 is 0 Å².